The third-order valence-electron chi connectivity index (χ3n) is 7.60. The summed E-state index contributed by atoms with van der Waals surface area (Å²) in [5.74, 6) is 0.260. The number of amides is 1. The zero-order valence-electron chi connectivity index (χ0n) is 20.9. The van der Waals surface area contributed by atoms with Crippen molar-refractivity contribution in [2.45, 2.75) is 19.3 Å². The van der Waals surface area contributed by atoms with Crippen molar-refractivity contribution in [3.05, 3.63) is 69.5 Å². The van der Waals surface area contributed by atoms with E-state index in [1.54, 1.807) is 30.3 Å². The molecule has 2 aromatic carbocycles. The van der Waals surface area contributed by atoms with E-state index in [9.17, 15) is 29.7 Å². The Morgan fingerprint density at radius 1 is 1.05 bits per heavy atom. The lowest BCUT2D eigenvalue weighted by Gasteiger charge is -2.41. The number of phenolic OH excluding ortho intramolecular Hbond substituents is 1. The van der Waals surface area contributed by atoms with Crippen LogP contribution in [0.3, 0.4) is 0 Å². The van der Waals surface area contributed by atoms with Crippen molar-refractivity contribution in [2.75, 3.05) is 24.7 Å². The van der Waals surface area contributed by atoms with Crippen LogP contribution >= 0.6 is 0 Å². The maximum atomic E-state index is 13.6. The van der Waals surface area contributed by atoms with Crippen molar-refractivity contribution in [3.63, 3.8) is 0 Å². The summed E-state index contributed by atoms with van der Waals surface area (Å²) >= 11 is 0. The second kappa shape index (κ2) is 8.99. The van der Waals surface area contributed by atoms with Crippen LogP contribution in [0.15, 0.2) is 47.2 Å². The number of phenols is 1. The number of allylic oxidation sites excluding steroid dienone is 2. The number of nitrogens with zero attached hydrogens (tertiary/aromatic N) is 1. The van der Waals surface area contributed by atoms with Crippen molar-refractivity contribution >= 4 is 34.6 Å². The lowest BCUT2D eigenvalue weighted by Crippen LogP contribution is -2.44. The van der Waals surface area contributed by atoms with Gasteiger partial charge in [-0.2, -0.15) is 0 Å². The quantitative estimate of drug-likeness (QED) is 0.232. The minimum atomic E-state index is -1.16. The smallest absolute Gasteiger partial charge is 0.255 e. The number of Topliss-reactive ketones (excluding diaryl/α,β-unsaturated/α-hetero) is 2. The van der Waals surface area contributed by atoms with E-state index in [0.717, 1.165) is 5.69 Å². The molecule has 0 spiro atoms. The number of nitrogen functional groups attached to an aromatic ring is 1. The van der Waals surface area contributed by atoms with E-state index in [4.69, 9.17) is 11.5 Å². The fraction of sp³-hybridized carbons (Fsp3) is 0.276. The van der Waals surface area contributed by atoms with Gasteiger partial charge in [-0.1, -0.05) is 11.8 Å². The number of primary amides is 1. The van der Waals surface area contributed by atoms with E-state index >= 15 is 0 Å². The number of carbonyl (C=O) groups excluding carboxylic acids is 3. The Morgan fingerprint density at radius 2 is 1.74 bits per heavy atom. The van der Waals surface area contributed by atoms with Crippen LogP contribution in [0.1, 0.15) is 35.1 Å². The zero-order chi connectivity index (χ0) is 27.5. The number of fused-ring (bicyclic) bond motifs is 3. The van der Waals surface area contributed by atoms with Crippen molar-refractivity contribution in [1.82, 2.24) is 0 Å². The zero-order valence-corrected chi connectivity index (χ0v) is 20.9. The Bertz CT molecular complexity index is 1540. The standard InChI is InChI=1S/C29H27N3O6/c1-32(2)19-11-14(6-3-13-4-7-17(30)8-5-13)25(34)23-18(19)10-15-9-16-12-20(33)24(29(31)38)28(37)22(16)26(35)21(15)27(23)36/h4-5,7-8,11,15-16,22,34,36-37H,9-10,12,30H2,1-2H3,(H2,31,38). The molecular weight excluding hydrogens is 486 g/mol. The van der Waals surface area contributed by atoms with Crippen LogP contribution in [0.5, 0.6) is 5.75 Å². The summed E-state index contributed by atoms with van der Waals surface area (Å²) in [4.78, 5) is 39.8. The summed E-state index contributed by atoms with van der Waals surface area (Å²) in [5.41, 5.74) is 13.5. The average molecular weight is 514 g/mol. The van der Waals surface area contributed by atoms with E-state index in [1.807, 2.05) is 19.0 Å². The van der Waals surface area contributed by atoms with E-state index in [1.165, 1.54) is 0 Å². The van der Waals surface area contributed by atoms with Gasteiger partial charge in [-0.15, -0.1) is 0 Å². The minimum absolute atomic E-state index is 0.0621. The average Bonchev–Trinajstić information content (AvgIpc) is 2.83. The number of benzene rings is 2. The first-order valence-corrected chi connectivity index (χ1v) is 12.2. The molecule has 1 saturated carbocycles. The highest BCUT2D eigenvalue weighted by molar-refractivity contribution is 6.21. The van der Waals surface area contributed by atoms with Crippen LogP contribution in [-0.2, 0) is 20.8 Å². The first-order chi connectivity index (χ1) is 18.0. The highest BCUT2D eigenvalue weighted by Gasteiger charge is 2.51. The lowest BCUT2D eigenvalue weighted by atomic mass is 9.61. The molecule has 2 aromatic rings. The van der Waals surface area contributed by atoms with Crippen LogP contribution in [0.4, 0.5) is 11.4 Å². The van der Waals surface area contributed by atoms with Gasteiger partial charge in [0.15, 0.2) is 11.6 Å². The molecule has 3 unspecified atom stereocenters. The Kier molecular flexibility index (Phi) is 5.91. The summed E-state index contributed by atoms with van der Waals surface area (Å²) in [6.07, 6.45) is 0.572. The molecule has 0 bridgehead atoms. The predicted molar refractivity (Wildman–Crippen MR) is 141 cm³/mol. The molecule has 0 heterocycles. The molecule has 5 rings (SSSR count). The number of nitrogens with two attached hydrogens (primary N) is 2. The highest BCUT2D eigenvalue weighted by atomic mass is 16.3. The number of aromatic hydroxyl groups is 1. The van der Waals surface area contributed by atoms with Crippen LogP contribution in [0.25, 0.3) is 5.76 Å². The molecule has 38 heavy (non-hydrogen) atoms. The number of anilines is 2. The summed E-state index contributed by atoms with van der Waals surface area (Å²) in [6, 6.07) is 8.67. The fourth-order valence-electron chi connectivity index (χ4n) is 5.89. The van der Waals surface area contributed by atoms with Gasteiger partial charge < -0.3 is 31.7 Å². The molecule has 0 radical (unpaired) electrons. The van der Waals surface area contributed by atoms with Gasteiger partial charge in [0.25, 0.3) is 5.91 Å². The van der Waals surface area contributed by atoms with Crippen molar-refractivity contribution in [1.29, 1.82) is 0 Å². The van der Waals surface area contributed by atoms with Gasteiger partial charge in [0.1, 0.15) is 22.8 Å². The normalized spacial score (nSPS) is 22.2. The molecule has 7 N–H and O–H groups in total. The molecule has 3 atom stereocenters. The molecule has 9 nitrogen and oxygen atoms in total. The first-order valence-electron chi connectivity index (χ1n) is 12.2. The van der Waals surface area contributed by atoms with Gasteiger partial charge in [0.05, 0.1) is 17.0 Å². The van der Waals surface area contributed by atoms with Crippen LogP contribution in [0.2, 0.25) is 0 Å². The molecule has 3 aliphatic carbocycles. The van der Waals surface area contributed by atoms with Crippen molar-refractivity contribution < 1.29 is 29.7 Å². The molecule has 3 aliphatic rings. The Balaban J connectivity index is 1.66. The summed E-state index contributed by atoms with van der Waals surface area (Å²) in [5, 5.41) is 33.4. The van der Waals surface area contributed by atoms with E-state index in [-0.39, 0.29) is 34.6 Å². The van der Waals surface area contributed by atoms with E-state index in [0.29, 0.717) is 29.7 Å². The molecule has 194 valence electrons. The molecule has 0 saturated heterocycles. The Hall–Kier alpha value is -4.71. The number of ketones is 2. The van der Waals surface area contributed by atoms with Crippen molar-refractivity contribution in [2.24, 2.45) is 23.5 Å². The number of aliphatic hydroxyl groups excluding tert-OH is 2. The van der Waals surface area contributed by atoms with Gasteiger partial charge in [-0.3, -0.25) is 14.4 Å². The molecule has 1 fully saturated rings. The van der Waals surface area contributed by atoms with Gasteiger partial charge in [0, 0.05) is 43.0 Å². The monoisotopic (exact) mass is 513 g/mol. The van der Waals surface area contributed by atoms with Crippen molar-refractivity contribution in [3.8, 4) is 17.6 Å². The van der Waals surface area contributed by atoms with Gasteiger partial charge in [-0.05, 0) is 60.6 Å². The molecular formula is C29H27N3O6. The number of aliphatic hydroxyl groups is 2. The second-order valence-corrected chi connectivity index (χ2v) is 10.2. The van der Waals surface area contributed by atoms with E-state index < -0.39 is 46.6 Å². The van der Waals surface area contributed by atoms with Gasteiger partial charge >= 0.3 is 0 Å². The number of hydrogen-bond acceptors (Lipinski definition) is 8. The molecule has 9 heteroatoms. The largest absolute Gasteiger partial charge is 0.511 e. The number of rotatable bonds is 2. The maximum absolute atomic E-state index is 13.6. The SMILES string of the molecule is CN(C)c1cc(C#Cc2ccc(N)cc2)c(O)c2c1CC1CC3CC(=O)C(C(N)=O)=C(O)C3C(=O)C1=C2O. The minimum Gasteiger partial charge on any atom is -0.511 e. The van der Waals surface area contributed by atoms with Gasteiger partial charge in [0.2, 0.25) is 0 Å². The number of hydrogen-bond donors (Lipinski definition) is 5. The topological polar surface area (TPSA) is 167 Å². The van der Waals surface area contributed by atoms with E-state index in [2.05, 4.69) is 11.8 Å². The van der Waals surface area contributed by atoms with Gasteiger partial charge in [-0.25, -0.2) is 0 Å². The molecule has 0 aliphatic heterocycles. The molecule has 1 amide bonds. The predicted octanol–water partition coefficient (Wildman–Crippen LogP) is 2.36. The lowest BCUT2D eigenvalue weighted by molar-refractivity contribution is -0.127. The van der Waals surface area contributed by atoms with Crippen LogP contribution in [0, 0.1) is 29.6 Å². The summed E-state index contributed by atoms with van der Waals surface area (Å²) < 4.78 is 0. The Labute approximate surface area is 219 Å². The third-order valence-corrected chi connectivity index (χ3v) is 7.60. The fourth-order valence-corrected chi connectivity index (χ4v) is 5.89. The highest BCUT2D eigenvalue weighted by Crippen LogP contribution is 2.52. The Morgan fingerprint density at radius 3 is 2.37 bits per heavy atom. The number of carbonyl (C=O) groups is 3. The maximum Gasteiger partial charge on any atom is 0.255 e. The summed E-state index contributed by atoms with van der Waals surface area (Å²) in [7, 11) is 3.66. The summed E-state index contributed by atoms with van der Waals surface area (Å²) in [6.45, 7) is 0. The van der Waals surface area contributed by atoms with Crippen LogP contribution in [-0.4, -0.2) is 46.9 Å². The first kappa shape index (κ1) is 25.0. The third kappa shape index (κ3) is 3.86. The second-order valence-electron chi connectivity index (χ2n) is 10.2. The molecule has 0 aromatic heterocycles. The van der Waals surface area contributed by atoms with Crippen LogP contribution < -0.4 is 16.4 Å².